The molecule has 148 valence electrons. The molecule has 1 aliphatic heterocycles. The third-order valence-electron chi connectivity index (χ3n) is 4.62. The highest BCUT2D eigenvalue weighted by molar-refractivity contribution is 7.89. The molecule has 0 radical (unpaired) electrons. The molecule has 6 nitrogen and oxygen atoms in total. The summed E-state index contributed by atoms with van der Waals surface area (Å²) in [5, 5.41) is 3.98. The van der Waals surface area contributed by atoms with Crippen molar-refractivity contribution < 1.29 is 17.6 Å². The highest BCUT2D eigenvalue weighted by Crippen LogP contribution is 2.21. The Hall–Kier alpha value is -2.58. The second-order valence-corrected chi connectivity index (χ2v) is 8.58. The molecule has 0 unspecified atom stereocenters. The van der Waals surface area contributed by atoms with Crippen LogP contribution in [0.25, 0.3) is 0 Å². The Bertz CT molecular complexity index is 999. The zero-order chi connectivity index (χ0) is 20.1. The highest BCUT2D eigenvalue weighted by atomic mass is 32.2. The van der Waals surface area contributed by atoms with Crippen molar-refractivity contribution in [3.05, 3.63) is 65.5 Å². The van der Waals surface area contributed by atoms with Gasteiger partial charge in [-0.05, 0) is 50.1 Å². The van der Waals surface area contributed by atoms with Gasteiger partial charge >= 0.3 is 0 Å². The van der Waals surface area contributed by atoms with Crippen LogP contribution >= 0.6 is 0 Å². The van der Waals surface area contributed by atoms with Gasteiger partial charge in [0.15, 0.2) is 0 Å². The molecule has 3 rings (SSSR count). The quantitative estimate of drug-likeness (QED) is 0.615. The molecule has 1 amide bonds. The standard InChI is InChI=1S/C20H22FN3O3S/c1-15(16-7-5-9-18(21)13-16)22-23-20(25)17-8-6-10-19(14-17)28(26,27)24-11-3-2-4-12-24/h5-10,13-14H,2-4,11-12H2,1H3,(H,23,25)/b22-15+. The summed E-state index contributed by atoms with van der Waals surface area (Å²) in [6, 6.07) is 11.8. The zero-order valence-corrected chi connectivity index (χ0v) is 16.4. The third kappa shape index (κ3) is 4.63. The molecule has 0 bridgehead atoms. The normalized spacial score (nSPS) is 16.0. The van der Waals surface area contributed by atoms with E-state index in [0.29, 0.717) is 24.4 Å². The minimum Gasteiger partial charge on any atom is -0.267 e. The molecule has 0 aliphatic carbocycles. The van der Waals surface area contributed by atoms with E-state index in [9.17, 15) is 17.6 Å². The van der Waals surface area contributed by atoms with Crippen molar-refractivity contribution >= 4 is 21.6 Å². The molecular weight excluding hydrogens is 381 g/mol. The first-order valence-corrected chi connectivity index (χ1v) is 10.5. The average molecular weight is 403 g/mol. The summed E-state index contributed by atoms with van der Waals surface area (Å²) < 4.78 is 40.3. The number of hydrogen-bond donors (Lipinski definition) is 1. The van der Waals surface area contributed by atoms with E-state index in [0.717, 1.165) is 19.3 Å². The van der Waals surface area contributed by atoms with Crippen molar-refractivity contribution in [1.29, 1.82) is 0 Å². The lowest BCUT2D eigenvalue weighted by Gasteiger charge is -2.25. The van der Waals surface area contributed by atoms with Crippen LogP contribution in [-0.4, -0.2) is 37.4 Å². The molecule has 1 N–H and O–H groups in total. The third-order valence-corrected chi connectivity index (χ3v) is 6.51. The van der Waals surface area contributed by atoms with E-state index in [1.54, 1.807) is 19.1 Å². The summed E-state index contributed by atoms with van der Waals surface area (Å²) in [4.78, 5) is 12.5. The average Bonchev–Trinajstić information content (AvgIpc) is 2.72. The molecule has 2 aromatic rings. The second-order valence-electron chi connectivity index (χ2n) is 6.64. The van der Waals surface area contributed by atoms with E-state index in [-0.39, 0.29) is 10.5 Å². The van der Waals surface area contributed by atoms with Gasteiger partial charge in [-0.2, -0.15) is 9.41 Å². The number of amides is 1. The Kier molecular flexibility index (Phi) is 6.21. The number of piperidine rings is 1. The van der Waals surface area contributed by atoms with Gasteiger partial charge in [-0.25, -0.2) is 18.2 Å². The van der Waals surface area contributed by atoms with E-state index in [1.807, 2.05) is 0 Å². The van der Waals surface area contributed by atoms with E-state index in [1.165, 1.54) is 40.7 Å². The lowest BCUT2D eigenvalue weighted by Crippen LogP contribution is -2.35. The van der Waals surface area contributed by atoms with Gasteiger partial charge in [-0.1, -0.05) is 24.6 Å². The number of halogens is 1. The van der Waals surface area contributed by atoms with Gasteiger partial charge in [0.1, 0.15) is 5.82 Å². The predicted octanol–water partition coefficient (Wildman–Crippen LogP) is 3.15. The number of carbonyl (C=O) groups excluding carboxylic acids is 1. The van der Waals surface area contributed by atoms with Crippen LogP contribution in [0.15, 0.2) is 58.5 Å². The summed E-state index contributed by atoms with van der Waals surface area (Å²) in [5.41, 5.74) is 3.56. The maximum atomic E-state index is 13.3. The molecular formula is C20H22FN3O3S. The lowest BCUT2D eigenvalue weighted by atomic mass is 10.1. The molecule has 1 saturated heterocycles. The number of sulfonamides is 1. The number of hydrogen-bond acceptors (Lipinski definition) is 4. The maximum Gasteiger partial charge on any atom is 0.271 e. The molecule has 1 fully saturated rings. The Morgan fingerprint density at radius 1 is 1.04 bits per heavy atom. The molecule has 0 saturated carbocycles. The van der Waals surface area contributed by atoms with Crippen LogP contribution in [0.3, 0.4) is 0 Å². The molecule has 1 aliphatic rings. The van der Waals surface area contributed by atoms with Crippen molar-refractivity contribution in [1.82, 2.24) is 9.73 Å². The Labute approximate surface area is 164 Å². The van der Waals surface area contributed by atoms with Crippen molar-refractivity contribution in [2.45, 2.75) is 31.1 Å². The van der Waals surface area contributed by atoms with E-state index >= 15 is 0 Å². The summed E-state index contributed by atoms with van der Waals surface area (Å²) in [7, 11) is -3.62. The number of nitrogens with one attached hydrogen (secondary N) is 1. The lowest BCUT2D eigenvalue weighted by molar-refractivity contribution is 0.0954. The van der Waals surface area contributed by atoms with Crippen LogP contribution in [0.1, 0.15) is 42.1 Å². The Morgan fingerprint density at radius 2 is 1.71 bits per heavy atom. The topological polar surface area (TPSA) is 78.8 Å². The first kappa shape index (κ1) is 20.2. The fourth-order valence-corrected chi connectivity index (χ4v) is 4.59. The van der Waals surface area contributed by atoms with Crippen LogP contribution in [0.4, 0.5) is 4.39 Å². The van der Waals surface area contributed by atoms with Gasteiger partial charge in [0.25, 0.3) is 5.91 Å². The number of nitrogens with zero attached hydrogens (tertiary/aromatic N) is 2. The zero-order valence-electron chi connectivity index (χ0n) is 15.6. The first-order chi connectivity index (χ1) is 13.4. The monoisotopic (exact) mass is 403 g/mol. The maximum absolute atomic E-state index is 13.3. The number of rotatable bonds is 5. The number of carbonyl (C=O) groups is 1. The number of benzene rings is 2. The van der Waals surface area contributed by atoms with Crippen molar-refractivity contribution in [2.24, 2.45) is 5.10 Å². The summed E-state index contributed by atoms with van der Waals surface area (Å²) in [5.74, 6) is -0.930. The van der Waals surface area contributed by atoms with Gasteiger partial charge in [0, 0.05) is 24.2 Å². The summed E-state index contributed by atoms with van der Waals surface area (Å²) >= 11 is 0. The van der Waals surface area contributed by atoms with Gasteiger partial charge in [0.05, 0.1) is 10.6 Å². The Balaban J connectivity index is 1.76. The first-order valence-electron chi connectivity index (χ1n) is 9.09. The SMILES string of the molecule is C/C(=N\NC(=O)c1cccc(S(=O)(=O)N2CCCCC2)c1)c1cccc(F)c1. The number of hydrazone groups is 1. The van der Waals surface area contributed by atoms with Crippen molar-refractivity contribution in [3.8, 4) is 0 Å². The highest BCUT2D eigenvalue weighted by Gasteiger charge is 2.26. The predicted molar refractivity (Wildman–Crippen MR) is 105 cm³/mol. The molecule has 2 aromatic carbocycles. The van der Waals surface area contributed by atoms with Crippen molar-refractivity contribution in [2.75, 3.05) is 13.1 Å². The molecule has 1 heterocycles. The molecule has 0 atom stereocenters. The fourth-order valence-electron chi connectivity index (χ4n) is 3.03. The summed E-state index contributed by atoms with van der Waals surface area (Å²) in [6.07, 6.45) is 2.71. The molecule has 8 heteroatoms. The van der Waals surface area contributed by atoms with Gasteiger partial charge in [0.2, 0.25) is 10.0 Å². The second kappa shape index (κ2) is 8.62. The van der Waals surface area contributed by atoms with E-state index < -0.39 is 21.7 Å². The van der Waals surface area contributed by atoms with Crippen molar-refractivity contribution in [3.63, 3.8) is 0 Å². The minimum absolute atomic E-state index is 0.0906. The molecule has 0 aromatic heterocycles. The minimum atomic E-state index is -3.62. The molecule has 28 heavy (non-hydrogen) atoms. The van der Waals surface area contributed by atoms with Crippen LogP contribution in [0, 0.1) is 5.82 Å². The van der Waals surface area contributed by atoms with Gasteiger partial charge < -0.3 is 0 Å². The van der Waals surface area contributed by atoms with Gasteiger partial charge in [-0.3, -0.25) is 4.79 Å². The molecule has 0 spiro atoms. The van der Waals surface area contributed by atoms with Crippen LogP contribution in [0.2, 0.25) is 0 Å². The van der Waals surface area contributed by atoms with Crippen LogP contribution < -0.4 is 5.43 Å². The largest absolute Gasteiger partial charge is 0.271 e. The Morgan fingerprint density at radius 3 is 2.43 bits per heavy atom. The van der Waals surface area contributed by atoms with E-state index in [2.05, 4.69) is 10.5 Å². The fraction of sp³-hybridized carbons (Fsp3) is 0.300. The van der Waals surface area contributed by atoms with Crippen LogP contribution in [-0.2, 0) is 10.0 Å². The van der Waals surface area contributed by atoms with E-state index in [4.69, 9.17) is 0 Å². The van der Waals surface area contributed by atoms with Crippen LogP contribution in [0.5, 0.6) is 0 Å². The smallest absolute Gasteiger partial charge is 0.267 e. The van der Waals surface area contributed by atoms with Gasteiger partial charge in [-0.15, -0.1) is 0 Å². The summed E-state index contributed by atoms with van der Waals surface area (Å²) in [6.45, 7) is 2.64.